The SMILES string of the molecule is COc1cc(Cl)c(C)cc1NC(=O)CN1CCN(CC(O)COc2ccccc2F)C(C)C1. The van der Waals surface area contributed by atoms with Gasteiger partial charge in [0.25, 0.3) is 0 Å². The standard InChI is InChI=1S/C24H31ClFN3O4/c1-16-10-21(23(32-3)11-19(16)25)27-24(31)14-28-8-9-29(17(2)12-28)13-18(30)15-33-22-7-5-4-6-20(22)26/h4-7,10-11,17-18,30H,8-9,12-15H2,1-3H3,(H,27,31). The van der Waals surface area contributed by atoms with E-state index in [9.17, 15) is 14.3 Å². The molecule has 1 amide bonds. The maximum atomic E-state index is 13.7. The maximum absolute atomic E-state index is 13.7. The lowest BCUT2D eigenvalue weighted by molar-refractivity contribution is -0.118. The van der Waals surface area contributed by atoms with Crippen LogP contribution in [-0.4, -0.2) is 79.4 Å². The molecular formula is C24H31ClFN3O4. The fourth-order valence-electron chi connectivity index (χ4n) is 3.88. The van der Waals surface area contributed by atoms with Gasteiger partial charge in [-0.2, -0.15) is 0 Å². The summed E-state index contributed by atoms with van der Waals surface area (Å²) in [5, 5.41) is 13.8. The monoisotopic (exact) mass is 479 g/mol. The fraction of sp³-hybridized carbons (Fsp3) is 0.458. The van der Waals surface area contributed by atoms with Crippen molar-refractivity contribution in [3.05, 3.63) is 52.8 Å². The van der Waals surface area contributed by atoms with Crippen molar-refractivity contribution in [1.29, 1.82) is 0 Å². The number of aliphatic hydroxyl groups is 1. The number of benzene rings is 2. The number of methoxy groups -OCH3 is 1. The summed E-state index contributed by atoms with van der Waals surface area (Å²) >= 11 is 6.13. The van der Waals surface area contributed by atoms with E-state index in [0.717, 1.165) is 5.56 Å². The van der Waals surface area contributed by atoms with Gasteiger partial charge in [0, 0.05) is 43.3 Å². The average molecular weight is 480 g/mol. The highest BCUT2D eigenvalue weighted by Crippen LogP contribution is 2.31. The number of carbonyl (C=O) groups is 1. The predicted octanol–water partition coefficient (Wildman–Crippen LogP) is 3.18. The highest BCUT2D eigenvalue weighted by atomic mass is 35.5. The van der Waals surface area contributed by atoms with Gasteiger partial charge in [-0.3, -0.25) is 14.6 Å². The van der Waals surface area contributed by atoms with Crippen LogP contribution in [0.5, 0.6) is 11.5 Å². The highest BCUT2D eigenvalue weighted by Gasteiger charge is 2.27. The van der Waals surface area contributed by atoms with E-state index in [4.69, 9.17) is 21.1 Å². The number of piperazine rings is 1. The minimum atomic E-state index is -0.748. The number of carbonyl (C=O) groups excluding carboxylic acids is 1. The van der Waals surface area contributed by atoms with Crippen LogP contribution >= 0.6 is 11.6 Å². The third-order valence-electron chi connectivity index (χ3n) is 5.68. The molecule has 1 fully saturated rings. The van der Waals surface area contributed by atoms with Crippen LogP contribution in [0.15, 0.2) is 36.4 Å². The van der Waals surface area contributed by atoms with Crippen molar-refractivity contribution in [3.63, 3.8) is 0 Å². The zero-order valence-corrected chi connectivity index (χ0v) is 19.9. The molecule has 3 rings (SSSR count). The second-order valence-electron chi connectivity index (χ2n) is 8.32. The molecular weight excluding hydrogens is 449 g/mol. The number of aliphatic hydroxyl groups excluding tert-OH is 1. The molecule has 1 saturated heterocycles. The molecule has 2 N–H and O–H groups in total. The Hall–Kier alpha value is -2.39. The summed E-state index contributed by atoms with van der Waals surface area (Å²) in [6, 6.07) is 9.76. The number of hydrogen-bond donors (Lipinski definition) is 2. The number of amides is 1. The molecule has 2 unspecified atom stereocenters. The van der Waals surface area contributed by atoms with Crippen LogP contribution in [0.3, 0.4) is 0 Å². The minimum absolute atomic E-state index is 0.0125. The zero-order valence-electron chi connectivity index (χ0n) is 19.2. The van der Waals surface area contributed by atoms with Crippen LogP contribution in [0.2, 0.25) is 5.02 Å². The number of rotatable bonds is 9. The first-order chi connectivity index (χ1) is 15.8. The van der Waals surface area contributed by atoms with Gasteiger partial charge < -0.3 is 19.9 Å². The van der Waals surface area contributed by atoms with Crippen molar-refractivity contribution >= 4 is 23.2 Å². The van der Waals surface area contributed by atoms with Crippen LogP contribution in [0, 0.1) is 12.7 Å². The average Bonchev–Trinajstić information content (AvgIpc) is 2.77. The van der Waals surface area contributed by atoms with E-state index in [1.54, 1.807) is 24.3 Å². The van der Waals surface area contributed by atoms with E-state index in [-0.39, 0.29) is 30.9 Å². The number of nitrogens with zero attached hydrogens (tertiary/aromatic N) is 2. The van der Waals surface area contributed by atoms with Gasteiger partial charge >= 0.3 is 0 Å². The van der Waals surface area contributed by atoms with Gasteiger partial charge in [-0.15, -0.1) is 0 Å². The van der Waals surface area contributed by atoms with E-state index >= 15 is 0 Å². The number of aryl methyl sites for hydroxylation is 1. The fourth-order valence-corrected chi connectivity index (χ4v) is 4.03. The summed E-state index contributed by atoms with van der Waals surface area (Å²) in [4.78, 5) is 16.8. The predicted molar refractivity (Wildman–Crippen MR) is 127 cm³/mol. The summed E-state index contributed by atoms with van der Waals surface area (Å²) < 4.78 is 24.4. The molecule has 33 heavy (non-hydrogen) atoms. The second kappa shape index (κ2) is 11.7. The normalized spacial score (nSPS) is 18.1. The Morgan fingerprint density at radius 3 is 2.76 bits per heavy atom. The van der Waals surface area contributed by atoms with Crippen molar-refractivity contribution in [2.45, 2.75) is 26.0 Å². The lowest BCUT2D eigenvalue weighted by Crippen LogP contribution is -2.55. The number of β-amino-alcohol motifs (C(OH)–C–C–N with tert-alkyl or cyclic N) is 1. The number of anilines is 1. The number of halogens is 2. The van der Waals surface area contributed by atoms with Crippen molar-refractivity contribution in [2.24, 2.45) is 0 Å². The summed E-state index contributed by atoms with van der Waals surface area (Å²) in [6.45, 7) is 6.68. The topological polar surface area (TPSA) is 74.3 Å². The van der Waals surface area contributed by atoms with Gasteiger partial charge in [0.15, 0.2) is 11.6 Å². The smallest absolute Gasteiger partial charge is 0.238 e. The first-order valence-electron chi connectivity index (χ1n) is 10.9. The molecule has 0 bridgehead atoms. The number of nitrogens with one attached hydrogen (secondary N) is 1. The quantitative estimate of drug-likeness (QED) is 0.575. The Bertz CT molecular complexity index is 961. The van der Waals surface area contributed by atoms with E-state index in [1.807, 2.05) is 6.92 Å². The van der Waals surface area contributed by atoms with Gasteiger partial charge in [-0.25, -0.2) is 4.39 Å². The molecule has 1 aliphatic heterocycles. The molecule has 2 aromatic rings. The Balaban J connectivity index is 1.45. The molecule has 1 heterocycles. The Kier molecular flexibility index (Phi) is 8.91. The lowest BCUT2D eigenvalue weighted by Gasteiger charge is -2.40. The van der Waals surface area contributed by atoms with Crippen molar-refractivity contribution in [3.8, 4) is 11.5 Å². The molecule has 0 spiro atoms. The molecule has 180 valence electrons. The van der Waals surface area contributed by atoms with E-state index in [1.165, 1.54) is 19.2 Å². The van der Waals surface area contributed by atoms with Gasteiger partial charge in [-0.1, -0.05) is 23.7 Å². The highest BCUT2D eigenvalue weighted by molar-refractivity contribution is 6.31. The molecule has 0 radical (unpaired) electrons. The molecule has 7 nitrogen and oxygen atoms in total. The van der Waals surface area contributed by atoms with Crippen LogP contribution in [0.1, 0.15) is 12.5 Å². The van der Waals surface area contributed by atoms with Gasteiger partial charge in [-0.05, 0) is 37.6 Å². The van der Waals surface area contributed by atoms with E-state index < -0.39 is 11.9 Å². The van der Waals surface area contributed by atoms with Crippen molar-refractivity contribution < 1.29 is 23.8 Å². The Labute approximate surface area is 199 Å². The third kappa shape index (κ3) is 7.04. The van der Waals surface area contributed by atoms with Crippen LogP contribution in [-0.2, 0) is 4.79 Å². The summed E-state index contributed by atoms with van der Waals surface area (Å²) in [5.41, 5.74) is 1.45. The van der Waals surface area contributed by atoms with Crippen LogP contribution in [0.25, 0.3) is 0 Å². The minimum Gasteiger partial charge on any atom is -0.495 e. The van der Waals surface area contributed by atoms with Gasteiger partial charge in [0.1, 0.15) is 18.5 Å². The van der Waals surface area contributed by atoms with Gasteiger partial charge in [0.2, 0.25) is 5.91 Å². The molecule has 2 atom stereocenters. The number of para-hydroxylation sites is 1. The molecule has 0 aliphatic carbocycles. The van der Waals surface area contributed by atoms with E-state index in [2.05, 4.69) is 22.0 Å². The van der Waals surface area contributed by atoms with E-state index in [0.29, 0.717) is 42.6 Å². The van der Waals surface area contributed by atoms with Crippen LogP contribution in [0.4, 0.5) is 10.1 Å². The first kappa shape index (κ1) is 25.2. The third-order valence-corrected chi connectivity index (χ3v) is 6.09. The number of ether oxygens (including phenoxy) is 2. The molecule has 1 aliphatic rings. The molecule has 0 saturated carbocycles. The number of hydrogen-bond acceptors (Lipinski definition) is 6. The van der Waals surface area contributed by atoms with Gasteiger partial charge in [0.05, 0.1) is 19.3 Å². The Morgan fingerprint density at radius 2 is 2.06 bits per heavy atom. The second-order valence-corrected chi connectivity index (χ2v) is 8.73. The summed E-state index contributed by atoms with van der Waals surface area (Å²) in [6.07, 6.45) is -0.748. The molecule has 9 heteroatoms. The lowest BCUT2D eigenvalue weighted by atomic mass is 10.1. The van der Waals surface area contributed by atoms with Crippen LogP contribution < -0.4 is 14.8 Å². The van der Waals surface area contributed by atoms with Crippen molar-refractivity contribution in [2.75, 3.05) is 51.8 Å². The summed E-state index contributed by atoms with van der Waals surface area (Å²) in [5.74, 6) is 0.0713. The van der Waals surface area contributed by atoms with Crippen molar-refractivity contribution in [1.82, 2.24) is 9.80 Å². The maximum Gasteiger partial charge on any atom is 0.238 e. The first-order valence-corrected chi connectivity index (χ1v) is 11.3. The zero-order chi connectivity index (χ0) is 24.0. The summed E-state index contributed by atoms with van der Waals surface area (Å²) in [7, 11) is 1.54. The Morgan fingerprint density at radius 1 is 1.30 bits per heavy atom. The largest absolute Gasteiger partial charge is 0.495 e. The molecule has 2 aromatic carbocycles. The molecule has 0 aromatic heterocycles.